The molecule has 0 aliphatic heterocycles. The molecule has 0 bridgehead atoms. The molecule has 7 heteroatoms. The average molecular weight is 315 g/mol. The fourth-order valence-electron chi connectivity index (χ4n) is 2.39. The number of carbonyl (C=O) groups excluding carboxylic acids is 1. The number of aromatic amines is 2. The van der Waals surface area contributed by atoms with Gasteiger partial charge in [0.25, 0.3) is 0 Å². The summed E-state index contributed by atoms with van der Waals surface area (Å²) in [6.07, 6.45) is 2.06. The van der Waals surface area contributed by atoms with Crippen molar-refractivity contribution in [2.75, 3.05) is 12.3 Å². The van der Waals surface area contributed by atoms with Crippen molar-refractivity contribution in [1.82, 2.24) is 25.7 Å². The number of thioether (sulfide) groups is 1. The zero-order valence-corrected chi connectivity index (χ0v) is 13.0. The summed E-state index contributed by atoms with van der Waals surface area (Å²) in [6.45, 7) is 2.61. The number of nitrogens with zero attached hydrogens (tertiary/aromatic N) is 2. The Kier molecular flexibility index (Phi) is 4.43. The van der Waals surface area contributed by atoms with E-state index in [0.717, 1.165) is 32.9 Å². The lowest BCUT2D eigenvalue weighted by Gasteiger charge is -2.05. The van der Waals surface area contributed by atoms with Gasteiger partial charge in [-0.3, -0.25) is 4.79 Å². The van der Waals surface area contributed by atoms with E-state index in [2.05, 4.69) is 25.7 Å². The van der Waals surface area contributed by atoms with Gasteiger partial charge in [-0.05, 0) is 18.6 Å². The van der Waals surface area contributed by atoms with Crippen LogP contribution in [0.4, 0.5) is 0 Å². The van der Waals surface area contributed by atoms with E-state index in [9.17, 15) is 4.79 Å². The molecule has 6 nitrogen and oxygen atoms in total. The van der Waals surface area contributed by atoms with Crippen LogP contribution in [0.5, 0.6) is 0 Å². The molecule has 114 valence electrons. The third kappa shape index (κ3) is 3.30. The van der Waals surface area contributed by atoms with Gasteiger partial charge in [-0.1, -0.05) is 18.2 Å². The number of benzene rings is 1. The van der Waals surface area contributed by atoms with Gasteiger partial charge >= 0.3 is 0 Å². The molecule has 0 saturated carbocycles. The van der Waals surface area contributed by atoms with Crippen LogP contribution in [0.2, 0.25) is 0 Å². The van der Waals surface area contributed by atoms with Gasteiger partial charge in [0, 0.05) is 28.9 Å². The second-order valence-electron chi connectivity index (χ2n) is 4.96. The number of amides is 1. The Balaban J connectivity index is 1.53. The van der Waals surface area contributed by atoms with E-state index in [1.807, 2.05) is 31.2 Å². The number of H-pyrrole nitrogens is 2. The first kappa shape index (κ1) is 14.6. The minimum atomic E-state index is 0.0357. The molecule has 0 aliphatic rings. The van der Waals surface area contributed by atoms with Crippen LogP contribution in [-0.2, 0) is 11.2 Å². The lowest BCUT2D eigenvalue weighted by molar-refractivity contribution is -0.120. The van der Waals surface area contributed by atoms with Crippen LogP contribution in [0.1, 0.15) is 11.3 Å². The highest BCUT2D eigenvalue weighted by Gasteiger charge is 2.11. The first-order valence-corrected chi connectivity index (χ1v) is 8.04. The van der Waals surface area contributed by atoms with E-state index < -0.39 is 0 Å². The number of hydrogen-bond acceptors (Lipinski definition) is 4. The quantitative estimate of drug-likeness (QED) is 0.480. The Labute approximate surface area is 132 Å². The molecule has 3 N–H and O–H groups in total. The molecule has 0 aliphatic carbocycles. The molecule has 0 atom stereocenters. The highest BCUT2D eigenvalue weighted by molar-refractivity contribution is 7.99. The van der Waals surface area contributed by atoms with E-state index in [-0.39, 0.29) is 5.91 Å². The zero-order chi connectivity index (χ0) is 15.4. The van der Waals surface area contributed by atoms with Crippen molar-refractivity contribution in [3.8, 4) is 0 Å². The van der Waals surface area contributed by atoms with Crippen LogP contribution < -0.4 is 5.32 Å². The molecule has 1 amide bonds. The van der Waals surface area contributed by atoms with Gasteiger partial charge in [0.05, 0.1) is 12.6 Å². The number of nitrogens with one attached hydrogen (secondary N) is 3. The number of aryl methyl sites for hydroxylation is 1. The van der Waals surface area contributed by atoms with Gasteiger partial charge in [-0.25, -0.2) is 0 Å². The van der Waals surface area contributed by atoms with Gasteiger partial charge < -0.3 is 10.3 Å². The van der Waals surface area contributed by atoms with Gasteiger partial charge in [0.1, 0.15) is 5.03 Å². The summed E-state index contributed by atoms with van der Waals surface area (Å²) in [5, 5.41) is 15.1. The Morgan fingerprint density at radius 3 is 3.05 bits per heavy atom. The topological polar surface area (TPSA) is 86.5 Å². The third-order valence-electron chi connectivity index (χ3n) is 3.43. The van der Waals surface area contributed by atoms with Crippen molar-refractivity contribution in [1.29, 1.82) is 0 Å². The Bertz CT molecular complexity index is 765. The van der Waals surface area contributed by atoms with E-state index in [4.69, 9.17) is 0 Å². The van der Waals surface area contributed by atoms with Crippen LogP contribution in [0.3, 0.4) is 0 Å². The molecule has 2 heterocycles. The van der Waals surface area contributed by atoms with E-state index in [1.54, 1.807) is 18.0 Å². The maximum atomic E-state index is 12.1. The summed E-state index contributed by atoms with van der Waals surface area (Å²) in [5.74, 6) is 0.805. The first-order chi connectivity index (χ1) is 10.7. The molecule has 0 radical (unpaired) electrons. The van der Waals surface area contributed by atoms with Gasteiger partial charge in [-0.15, -0.1) is 16.9 Å². The molecule has 3 aromatic rings. The van der Waals surface area contributed by atoms with Crippen molar-refractivity contribution in [3.05, 3.63) is 41.7 Å². The van der Waals surface area contributed by atoms with Crippen LogP contribution in [0, 0.1) is 6.92 Å². The molecular weight excluding hydrogens is 298 g/mol. The largest absolute Gasteiger partial charge is 0.358 e. The molecule has 0 spiro atoms. The molecule has 0 fully saturated rings. The smallest absolute Gasteiger partial charge is 0.224 e. The lowest BCUT2D eigenvalue weighted by Crippen LogP contribution is -2.27. The number of carbonyl (C=O) groups is 1. The fourth-order valence-corrected chi connectivity index (χ4v) is 3.04. The third-order valence-corrected chi connectivity index (χ3v) is 4.33. The summed E-state index contributed by atoms with van der Waals surface area (Å²) in [7, 11) is 0. The molecule has 2 aromatic heterocycles. The monoisotopic (exact) mass is 315 g/mol. The minimum absolute atomic E-state index is 0.0357. The van der Waals surface area contributed by atoms with Crippen LogP contribution >= 0.6 is 11.8 Å². The molecule has 1 aromatic carbocycles. The van der Waals surface area contributed by atoms with Crippen molar-refractivity contribution in [3.63, 3.8) is 0 Å². The normalized spacial score (nSPS) is 11.0. The molecular formula is C15H17N5OS. The average Bonchev–Trinajstić information content (AvgIpc) is 3.13. The van der Waals surface area contributed by atoms with Crippen molar-refractivity contribution >= 4 is 28.6 Å². The zero-order valence-electron chi connectivity index (χ0n) is 12.2. The molecule has 0 unspecified atom stereocenters. The summed E-state index contributed by atoms with van der Waals surface area (Å²) >= 11 is 1.56. The Hall–Kier alpha value is -2.28. The van der Waals surface area contributed by atoms with Gasteiger partial charge in [-0.2, -0.15) is 10.3 Å². The standard InChI is InChI=1S/C15H17N5OS/c1-10-12(11-4-2-3-5-13(11)18-10)8-14(21)16-6-7-22-15-9-17-20-19-15/h2-5,9,18H,6-8H2,1H3,(H,16,21)(H,17,19,20). The van der Waals surface area contributed by atoms with Gasteiger partial charge in [0.2, 0.25) is 5.91 Å². The number of para-hydroxylation sites is 1. The van der Waals surface area contributed by atoms with Crippen LogP contribution in [-0.4, -0.2) is 38.6 Å². The Morgan fingerprint density at radius 2 is 2.23 bits per heavy atom. The van der Waals surface area contributed by atoms with Crippen molar-refractivity contribution in [2.45, 2.75) is 18.4 Å². The summed E-state index contributed by atoms with van der Waals surface area (Å²) in [5.41, 5.74) is 3.19. The van der Waals surface area contributed by atoms with E-state index in [1.165, 1.54) is 0 Å². The van der Waals surface area contributed by atoms with Crippen molar-refractivity contribution < 1.29 is 4.79 Å². The molecule has 0 saturated heterocycles. The van der Waals surface area contributed by atoms with Crippen LogP contribution in [0.15, 0.2) is 35.5 Å². The lowest BCUT2D eigenvalue weighted by atomic mass is 10.1. The number of fused-ring (bicyclic) bond motifs is 1. The summed E-state index contributed by atoms with van der Waals surface area (Å²) in [4.78, 5) is 15.4. The number of aromatic nitrogens is 4. The highest BCUT2D eigenvalue weighted by atomic mass is 32.2. The highest BCUT2D eigenvalue weighted by Crippen LogP contribution is 2.22. The van der Waals surface area contributed by atoms with Crippen LogP contribution in [0.25, 0.3) is 10.9 Å². The predicted octanol–water partition coefficient (Wildman–Crippen LogP) is 2.05. The fraction of sp³-hybridized carbons (Fsp3) is 0.267. The first-order valence-electron chi connectivity index (χ1n) is 7.05. The maximum absolute atomic E-state index is 12.1. The predicted molar refractivity (Wildman–Crippen MR) is 86.9 cm³/mol. The summed E-state index contributed by atoms with van der Waals surface area (Å²) in [6, 6.07) is 8.05. The Morgan fingerprint density at radius 1 is 1.36 bits per heavy atom. The van der Waals surface area contributed by atoms with Gasteiger partial charge in [0.15, 0.2) is 0 Å². The maximum Gasteiger partial charge on any atom is 0.224 e. The number of hydrogen-bond donors (Lipinski definition) is 3. The van der Waals surface area contributed by atoms with E-state index in [0.29, 0.717) is 13.0 Å². The van der Waals surface area contributed by atoms with E-state index >= 15 is 0 Å². The number of rotatable bonds is 6. The SMILES string of the molecule is Cc1[nH]c2ccccc2c1CC(=O)NCCSc1cn[nH]n1. The second kappa shape index (κ2) is 6.65. The molecule has 22 heavy (non-hydrogen) atoms. The second-order valence-corrected chi connectivity index (χ2v) is 6.07. The van der Waals surface area contributed by atoms with Crippen molar-refractivity contribution in [2.24, 2.45) is 0 Å². The minimum Gasteiger partial charge on any atom is -0.358 e. The molecule has 3 rings (SSSR count). The summed E-state index contributed by atoms with van der Waals surface area (Å²) < 4.78 is 0.